The van der Waals surface area contributed by atoms with Crippen LogP contribution in [0.15, 0.2) is 24.3 Å². The first-order valence-electron chi connectivity index (χ1n) is 9.86. The van der Waals surface area contributed by atoms with Gasteiger partial charge >= 0.3 is 0 Å². The van der Waals surface area contributed by atoms with Crippen LogP contribution in [0, 0.1) is 0 Å². The van der Waals surface area contributed by atoms with Crippen molar-refractivity contribution in [3.05, 3.63) is 30.0 Å². The van der Waals surface area contributed by atoms with E-state index in [4.69, 9.17) is 0 Å². The molecule has 2 fully saturated rings. The maximum absolute atomic E-state index is 13.1. The zero-order chi connectivity index (χ0) is 19.8. The molecule has 0 saturated carbocycles. The van der Waals surface area contributed by atoms with Crippen molar-refractivity contribution >= 4 is 22.7 Å². The number of hydrogen-bond acceptors (Lipinski definition) is 5. The van der Waals surface area contributed by atoms with Crippen LogP contribution in [0.1, 0.15) is 29.8 Å². The summed E-state index contributed by atoms with van der Waals surface area (Å²) in [5, 5.41) is 18.1. The predicted molar refractivity (Wildman–Crippen MR) is 105 cm³/mol. The number of aromatic nitrogens is 2. The number of carbonyl (C=O) groups is 2. The minimum atomic E-state index is -0.471. The summed E-state index contributed by atoms with van der Waals surface area (Å²) in [5.41, 5.74) is 1.44. The monoisotopic (exact) mass is 385 g/mol. The lowest BCUT2D eigenvalue weighted by molar-refractivity contribution is -0.126. The number of carbonyl (C=O) groups excluding carboxylic acids is 2. The fraction of sp³-hybridized carbons (Fsp3) is 0.550. The number of aryl methyl sites for hydroxylation is 1. The van der Waals surface area contributed by atoms with Crippen LogP contribution in [0.25, 0.3) is 10.9 Å². The van der Waals surface area contributed by atoms with E-state index in [-0.39, 0.29) is 23.9 Å². The van der Waals surface area contributed by atoms with Crippen molar-refractivity contribution in [2.75, 3.05) is 26.7 Å². The van der Waals surface area contributed by atoms with E-state index in [1.54, 1.807) is 11.7 Å². The van der Waals surface area contributed by atoms with Crippen LogP contribution in [0.2, 0.25) is 0 Å². The molecule has 2 aromatic rings. The third kappa shape index (κ3) is 3.27. The second-order valence-electron chi connectivity index (χ2n) is 7.73. The fourth-order valence-electron chi connectivity index (χ4n) is 4.59. The quantitative estimate of drug-likeness (QED) is 0.796. The number of para-hydroxylation sites is 1. The van der Waals surface area contributed by atoms with Crippen LogP contribution in [0.3, 0.4) is 0 Å². The standard InChI is InChI=1S/C20H27N5O3/c1-21-19(27)17-11-14(26)12-25(17)13-7-9-24(10-8-13)20(28)18-15-5-3-4-6-16(15)23(2)22-18/h3-6,13-14,17,26H,7-12H2,1-2H3,(H,21,27)/t14-,17+/m1/s1. The van der Waals surface area contributed by atoms with E-state index in [9.17, 15) is 14.7 Å². The number of β-amino-alcohol motifs (C(OH)–C–C–N with tert-alkyl or cyclic N) is 1. The van der Waals surface area contributed by atoms with Crippen LogP contribution in [0.5, 0.6) is 0 Å². The van der Waals surface area contributed by atoms with Crippen molar-refractivity contribution in [1.29, 1.82) is 0 Å². The molecule has 2 saturated heterocycles. The first kappa shape index (κ1) is 18.9. The number of nitrogens with zero attached hydrogens (tertiary/aromatic N) is 4. The second-order valence-corrected chi connectivity index (χ2v) is 7.73. The summed E-state index contributed by atoms with van der Waals surface area (Å²) in [4.78, 5) is 29.2. The van der Waals surface area contributed by atoms with Gasteiger partial charge in [0, 0.05) is 45.2 Å². The van der Waals surface area contributed by atoms with Gasteiger partial charge in [0.05, 0.1) is 17.7 Å². The number of rotatable bonds is 3. The molecule has 1 aromatic carbocycles. The summed E-state index contributed by atoms with van der Waals surface area (Å²) in [6.07, 6.45) is 1.58. The van der Waals surface area contributed by atoms with E-state index < -0.39 is 6.10 Å². The Kier molecular flexibility index (Phi) is 5.07. The molecule has 1 aromatic heterocycles. The minimum Gasteiger partial charge on any atom is -0.392 e. The second kappa shape index (κ2) is 7.52. The molecule has 2 amide bonds. The van der Waals surface area contributed by atoms with Crippen molar-refractivity contribution in [3.8, 4) is 0 Å². The molecule has 2 aliphatic heterocycles. The van der Waals surface area contributed by atoms with Gasteiger partial charge in [0.2, 0.25) is 5.91 Å². The molecule has 0 radical (unpaired) electrons. The number of fused-ring (bicyclic) bond motifs is 1. The van der Waals surface area contributed by atoms with Gasteiger partial charge in [0.15, 0.2) is 5.69 Å². The average Bonchev–Trinajstić information content (AvgIpc) is 3.27. The highest BCUT2D eigenvalue weighted by Gasteiger charge is 2.40. The maximum atomic E-state index is 13.1. The Bertz CT molecular complexity index is 887. The lowest BCUT2D eigenvalue weighted by atomic mass is 10.0. The number of amides is 2. The Hall–Kier alpha value is -2.45. The summed E-state index contributed by atoms with van der Waals surface area (Å²) >= 11 is 0. The van der Waals surface area contributed by atoms with Gasteiger partial charge in [-0.1, -0.05) is 18.2 Å². The molecule has 8 heteroatoms. The summed E-state index contributed by atoms with van der Waals surface area (Å²) in [5.74, 6) is -0.0884. The molecule has 2 aliphatic rings. The van der Waals surface area contributed by atoms with E-state index >= 15 is 0 Å². The zero-order valence-corrected chi connectivity index (χ0v) is 16.3. The first-order chi connectivity index (χ1) is 13.5. The van der Waals surface area contributed by atoms with E-state index in [0.29, 0.717) is 31.7 Å². The number of benzene rings is 1. The smallest absolute Gasteiger partial charge is 0.275 e. The maximum Gasteiger partial charge on any atom is 0.275 e. The third-order valence-corrected chi connectivity index (χ3v) is 6.05. The molecular weight excluding hydrogens is 358 g/mol. The summed E-state index contributed by atoms with van der Waals surface area (Å²) in [7, 11) is 3.48. The molecule has 2 atom stereocenters. The summed E-state index contributed by atoms with van der Waals surface area (Å²) < 4.78 is 1.74. The normalized spacial score (nSPS) is 24.0. The lowest BCUT2D eigenvalue weighted by Crippen LogP contribution is -2.51. The van der Waals surface area contributed by atoms with Gasteiger partial charge in [-0.15, -0.1) is 0 Å². The molecule has 0 spiro atoms. The molecule has 0 bridgehead atoms. The number of hydrogen-bond donors (Lipinski definition) is 2. The number of likely N-dealkylation sites (tertiary alicyclic amines) is 2. The average molecular weight is 385 g/mol. The van der Waals surface area contributed by atoms with Crippen molar-refractivity contribution in [1.82, 2.24) is 24.9 Å². The minimum absolute atomic E-state index is 0.0421. The van der Waals surface area contributed by atoms with E-state index in [2.05, 4.69) is 15.3 Å². The molecule has 8 nitrogen and oxygen atoms in total. The van der Waals surface area contributed by atoms with Crippen molar-refractivity contribution in [3.63, 3.8) is 0 Å². The third-order valence-electron chi connectivity index (χ3n) is 6.05. The number of likely N-dealkylation sites (N-methyl/N-ethyl adjacent to an activating group) is 1. The van der Waals surface area contributed by atoms with E-state index in [0.717, 1.165) is 23.7 Å². The van der Waals surface area contributed by atoms with E-state index in [1.807, 2.05) is 36.2 Å². The first-order valence-corrected chi connectivity index (χ1v) is 9.86. The predicted octanol–water partition coefficient (Wildman–Crippen LogP) is 0.359. The topological polar surface area (TPSA) is 90.7 Å². The molecule has 3 heterocycles. The lowest BCUT2D eigenvalue weighted by Gasteiger charge is -2.38. The molecule has 28 heavy (non-hydrogen) atoms. The Morgan fingerprint density at radius 2 is 1.93 bits per heavy atom. The molecule has 0 aliphatic carbocycles. The summed E-state index contributed by atoms with van der Waals surface area (Å²) in [6.45, 7) is 1.77. The molecule has 150 valence electrons. The molecule has 2 N–H and O–H groups in total. The molecule has 0 unspecified atom stereocenters. The Labute approximate surface area is 164 Å². The van der Waals surface area contributed by atoms with Gasteiger partial charge in [-0.25, -0.2) is 0 Å². The highest BCUT2D eigenvalue weighted by molar-refractivity contribution is 6.04. The van der Waals surface area contributed by atoms with Crippen LogP contribution < -0.4 is 5.32 Å². The molecule has 4 rings (SSSR count). The zero-order valence-electron chi connectivity index (χ0n) is 16.3. The van der Waals surface area contributed by atoms with Gasteiger partial charge in [-0.3, -0.25) is 19.2 Å². The van der Waals surface area contributed by atoms with Crippen molar-refractivity contribution in [2.45, 2.75) is 37.5 Å². The van der Waals surface area contributed by atoms with Gasteiger partial charge in [-0.05, 0) is 25.3 Å². The number of piperidine rings is 1. The highest BCUT2D eigenvalue weighted by atomic mass is 16.3. The number of nitrogens with one attached hydrogen (secondary N) is 1. The summed E-state index contributed by atoms with van der Waals surface area (Å²) in [6, 6.07) is 7.67. The van der Waals surface area contributed by atoms with Gasteiger partial charge in [0.25, 0.3) is 5.91 Å². The fourth-order valence-corrected chi connectivity index (χ4v) is 4.59. The van der Waals surface area contributed by atoms with Crippen LogP contribution in [-0.4, -0.2) is 81.4 Å². The van der Waals surface area contributed by atoms with Crippen LogP contribution >= 0.6 is 0 Å². The Balaban J connectivity index is 1.45. The highest BCUT2D eigenvalue weighted by Crippen LogP contribution is 2.28. The van der Waals surface area contributed by atoms with Gasteiger partial charge < -0.3 is 15.3 Å². The largest absolute Gasteiger partial charge is 0.392 e. The van der Waals surface area contributed by atoms with Crippen molar-refractivity contribution in [2.24, 2.45) is 7.05 Å². The Morgan fingerprint density at radius 3 is 2.64 bits per heavy atom. The van der Waals surface area contributed by atoms with Gasteiger partial charge in [0.1, 0.15) is 0 Å². The number of aliphatic hydroxyl groups excluding tert-OH is 1. The van der Waals surface area contributed by atoms with Crippen LogP contribution in [-0.2, 0) is 11.8 Å². The number of aliphatic hydroxyl groups is 1. The SMILES string of the molecule is CNC(=O)[C@@H]1C[C@@H](O)CN1C1CCN(C(=O)c2nn(C)c3ccccc23)CC1. The van der Waals surface area contributed by atoms with Gasteiger partial charge in [-0.2, -0.15) is 5.10 Å². The molecular formula is C20H27N5O3. The van der Waals surface area contributed by atoms with Crippen molar-refractivity contribution < 1.29 is 14.7 Å². The Morgan fingerprint density at radius 1 is 1.21 bits per heavy atom. The van der Waals surface area contributed by atoms with Crippen LogP contribution in [0.4, 0.5) is 0 Å². The van der Waals surface area contributed by atoms with E-state index in [1.165, 1.54) is 0 Å².